The van der Waals surface area contributed by atoms with E-state index in [9.17, 15) is 0 Å². The van der Waals surface area contributed by atoms with E-state index in [1.165, 1.54) is 45.1 Å². The molecule has 106 valence electrons. The van der Waals surface area contributed by atoms with Crippen LogP contribution in [0, 0.1) is 11.3 Å². The van der Waals surface area contributed by atoms with Gasteiger partial charge in [0.05, 0.1) is 0 Å². The summed E-state index contributed by atoms with van der Waals surface area (Å²) in [7, 11) is 0. The van der Waals surface area contributed by atoms with Crippen LogP contribution in [0.3, 0.4) is 0 Å². The fraction of sp³-hybridized carbons (Fsp3) is 1.00. The third kappa shape index (κ3) is 2.91. The predicted molar refractivity (Wildman–Crippen MR) is 78.6 cm³/mol. The molecule has 0 radical (unpaired) electrons. The molecule has 0 aromatic heterocycles. The molecule has 2 rings (SSSR count). The van der Waals surface area contributed by atoms with Gasteiger partial charge in [-0.3, -0.25) is 4.90 Å². The van der Waals surface area contributed by atoms with E-state index in [1.54, 1.807) is 0 Å². The topological polar surface area (TPSA) is 29.3 Å². The lowest BCUT2D eigenvalue weighted by atomic mass is 9.72. The van der Waals surface area contributed by atoms with E-state index in [0.717, 1.165) is 18.5 Å². The van der Waals surface area contributed by atoms with Crippen molar-refractivity contribution in [2.75, 3.05) is 13.1 Å². The SMILES string of the molecule is CC(C)(N)C(C)(C)CN1CCC[C@H]2CCCC[C@H]21. The molecule has 2 atom stereocenters. The lowest BCUT2D eigenvalue weighted by Crippen LogP contribution is -2.57. The highest BCUT2D eigenvalue weighted by Gasteiger charge is 2.40. The maximum absolute atomic E-state index is 6.37. The second-order valence-corrected chi connectivity index (χ2v) is 7.83. The van der Waals surface area contributed by atoms with Gasteiger partial charge in [-0.1, -0.05) is 26.7 Å². The first-order valence-corrected chi connectivity index (χ1v) is 7.84. The van der Waals surface area contributed by atoms with Crippen LogP contribution in [0.2, 0.25) is 0 Å². The summed E-state index contributed by atoms with van der Waals surface area (Å²) >= 11 is 0. The van der Waals surface area contributed by atoms with Gasteiger partial charge >= 0.3 is 0 Å². The van der Waals surface area contributed by atoms with E-state index in [2.05, 4.69) is 32.6 Å². The quantitative estimate of drug-likeness (QED) is 0.834. The van der Waals surface area contributed by atoms with E-state index < -0.39 is 0 Å². The normalized spacial score (nSPS) is 31.2. The highest BCUT2D eigenvalue weighted by Crippen LogP contribution is 2.38. The molecule has 0 unspecified atom stereocenters. The van der Waals surface area contributed by atoms with Crippen LogP contribution >= 0.6 is 0 Å². The van der Waals surface area contributed by atoms with E-state index in [4.69, 9.17) is 5.73 Å². The first kappa shape index (κ1) is 14.3. The number of nitrogens with two attached hydrogens (primary N) is 1. The summed E-state index contributed by atoms with van der Waals surface area (Å²) in [5.74, 6) is 0.976. The molecule has 0 aromatic carbocycles. The molecule has 1 aliphatic heterocycles. The Hall–Kier alpha value is -0.0800. The summed E-state index contributed by atoms with van der Waals surface area (Å²) in [4.78, 5) is 2.77. The molecular weight excluding hydrogens is 220 g/mol. The van der Waals surface area contributed by atoms with Gasteiger partial charge in [0.1, 0.15) is 0 Å². The molecule has 0 spiro atoms. The minimum Gasteiger partial charge on any atom is -0.325 e. The standard InChI is InChI=1S/C16H32N2/c1-15(2,16(3,4)17)12-18-11-7-9-13-8-5-6-10-14(13)18/h13-14H,5-12,17H2,1-4H3/t13-,14-/m1/s1. The molecule has 1 heterocycles. The zero-order valence-electron chi connectivity index (χ0n) is 12.8. The third-order valence-electron chi connectivity index (χ3n) is 5.70. The Morgan fingerprint density at radius 3 is 2.28 bits per heavy atom. The van der Waals surface area contributed by atoms with Gasteiger partial charge in [0.25, 0.3) is 0 Å². The number of piperidine rings is 1. The molecule has 0 bridgehead atoms. The number of likely N-dealkylation sites (tertiary alicyclic amines) is 1. The van der Waals surface area contributed by atoms with Crippen molar-refractivity contribution in [3.05, 3.63) is 0 Å². The molecule has 1 saturated heterocycles. The van der Waals surface area contributed by atoms with E-state index in [1.807, 2.05) is 0 Å². The second-order valence-electron chi connectivity index (χ2n) is 7.83. The minimum atomic E-state index is -0.103. The van der Waals surface area contributed by atoms with Gasteiger partial charge in [0.15, 0.2) is 0 Å². The maximum Gasteiger partial charge on any atom is 0.0161 e. The van der Waals surface area contributed by atoms with Crippen LogP contribution in [0.4, 0.5) is 0 Å². The molecular formula is C16H32N2. The van der Waals surface area contributed by atoms with E-state index in [0.29, 0.717) is 0 Å². The zero-order chi connectivity index (χ0) is 13.4. The highest BCUT2D eigenvalue weighted by atomic mass is 15.2. The van der Waals surface area contributed by atoms with Gasteiger partial charge in [0, 0.05) is 18.1 Å². The molecule has 1 aliphatic carbocycles. The molecule has 2 N–H and O–H groups in total. The van der Waals surface area contributed by atoms with Crippen molar-refractivity contribution in [2.45, 2.75) is 77.8 Å². The average molecular weight is 252 g/mol. The Bertz CT molecular complexity index is 275. The first-order valence-electron chi connectivity index (χ1n) is 7.84. The van der Waals surface area contributed by atoms with Crippen molar-refractivity contribution in [3.63, 3.8) is 0 Å². The summed E-state index contributed by atoms with van der Waals surface area (Å²) < 4.78 is 0. The predicted octanol–water partition coefficient (Wildman–Crippen LogP) is 3.40. The van der Waals surface area contributed by atoms with Gasteiger partial charge in [-0.15, -0.1) is 0 Å². The summed E-state index contributed by atoms with van der Waals surface area (Å²) in [5.41, 5.74) is 6.46. The first-order chi connectivity index (χ1) is 8.31. The molecule has 2 fully saturated rings. The Morgan fingerprint density at radius 2 is 1.61 bits per heavy atom. The average Bonchev–Trinajstić information content (AvgIpc) is 2.27. The van der Waals surface area contributed by atoms with Crippen LogP contribution in [-0.4, -0.2) is 29.6 Å². The van der Waals surface area contributed by atoms with Crippen LogP contribution < -0.4 is 5.73 Å². The van der Waals surface area contributed by atoms with Gasteiger partial charge in [0.2, 0.25) is 0 Å². The second kappa shape index (κ2) is 5.13. The van der Waals surface area contributed by atoms with Gasteiger partial charge in [-0.2, -0.15) is 0 Å². The van der Waals surface area contributed by atoms with Crippen molar-refractivity contribution >= 4 is 0 Å². The number of rotatable bonds is 3. The van der Waals surface area contributed by atoms with Gasteiger partial charge in [-0.25, -0.2) is 0 Å². The van der Waals surface area contributed by atoms with Crippen molar-refractivity contribution in [1.82, 2.24) is 4.90 Å². The fourth-order valence-electron chi connectivity index (χ4n) is 3.64. The Labute approximate surface area is 113 Å². The summed E-state index contributed by atoms with van der Waals surface area (Å²) in [6.07, 6.45) is 8.64. The number of nitrogens with zero attached hydrogens (tertiary/aromatic N) is 1. The smallest absolute Gasteiger partial charge is 0.0161 e. The molecule has 18 heavy (non-hydrogen) atoms. The molecule has 2 nitrogen and oxygen atoms in total. The highest BCUT2D eigenvalue weighted by molar-refractivity contribution is 4.96. The number of fused-ring (bicyclic) bond motifs is 1. The molecule has 1 saturated carbocycles. The number of hydrogen-bond acceptors (Lipinski definition) is 2. The Balaban J connectivity index is 2.03. The molecule has 0 aromatic rings. The molecule has 2 heteroatoms. The van der Waals surface area contributed by atoms with Crippen LogP contribution in [0.5, 0.6) is 0 Å². The molecule has 0 amide bonds. The lowest BCUT2D eigenvalue weighted by Gasteiger charge is -2.49. The van der Waals surface area contributed by atoms with Crippen LogP contribution in [0.25, 0.3) is 0 Å². The summed E-state index contributed by atoms with van der Waals surface area (Å²) in [6.45, 7) is 11.5. The summed E-state index contributed by atoms with van der Waals surface area (Å²) in [5, 5.41) is 0. The largest absolute Gasteiger partial charge is 0.325 e. The van der Waals surface area contributed by atoms with E-state index in [-0.39, 0.29) is 11.0 Å². The van der Waals surface area contributed by atoms with Crippen LogP contribution in [0.1, 0.15) is 66.2 Å². The monoisotopic (exact) mass is 252 g/mol. The Kier molecular flexibility index (Phi) is 4.08. The van der Waals surface area contributed by atoms with Crippen molar-refractivity contribution < 1.29 is 0 Å². The fourth-order valence-corrected chi connectivity index (χ4v) is 3.64. The van der Waals surface area contributed by atoms with Crippen molar-refractivity contribution in [3.8, 4) is 0 Å². The van der Waals surface area contributed by atoms with Gasteiger partial charge < -0.3 is 5.73 Å². The van der Waals surface area contributed by atoms with Crippen molar-refractivity contribution in [2.24, 2.45) is 17.1 Å². The zero-order valence-corrected chi connectivity index (χ0v) is 12.8. The van der Waals surface area contributed by atoms with E-state index >= 15 is 0 Å². The third-order valence-corrected chi connectivity index (χ3v) is 5.70. The summed E-state index contributed by atoms with van der Waals surface area (Å²) in [6, 6.07) is 0.856. The van der Waals surface area contributed by atoms with Crippen LogP contribution in [-0.2, 0) is 0 Å². The maximum atomic E-state index is 6.37. The Morgan fingerprint density at radius 1 is 1.00 bits per heavy atom. The minimum absolute atomic E-state index is 0.103. The molecule has 2 aliphatic rings. The lowest BCUT2D eigenvalue weighted by molar-refractivity contribution is 0.0141. The van der Waals surface area contributed by atoms with Crippen molar-refractivity contribution in [1.29, 1.82) is 0 Å². The van der Waals surface area contributed by atoms with Gasteiger partial charge in [-0.05, 0) is 57.4 Å². The number of hydrogen-bond donors (Lipinski definition) is 1. The van der Waals surface area contributed by atoms with Crippen LogP contribution in [0.15, 0.2) is 0 Å².